The van der Waals surface area contributed by atoms with Gasteiger partial charge >= 0.3 is 0 Å². The van der Waals surface area contributed by atoms with Crippen molar-refractivity contribution < 1.29 is 4.57 Å². The first-order valence-electron chi connectivity index (χ1n) is 17.4. The molecule has 0 fully saturated rings. The number of rotatable bonds is 17. The topological polar surface area (TPSA) is 23.2 Å². The third-order valence-electron chi connectivity index (χ3n) is 8.60. The molecule has 0 saturated carbocycles. The second kappa shape index (κ2) is 19.4. The number of aromatic nitrogens is 2. The quantitative estimate of drug-likeness (QED) is 0.0534. The highest BCUT2D eigenvalue weighted by molar-refractivity contribution is 8.76. The van der Waals surface area contributed by atoms with Crippen molar-refractivity contribution in [3.8, 4) is 0 Å². The largest absolute Gasteiger partial charge is 0.366 e. The first kappa shape index (κ1) is 35.8. The normalized spacial score (nSPS) is 11.3. The smallest absolute Gasteiger partial charge is 0.204 e. The molecule has 6 rings (SSSR count). The molecule has 0 aliphatic heterocycles. The molecule has 0 bridgehead atoms. The van der Waals surface area contributed by atoms with Gasteiger partial charge in [0.1, 0.15) is 7.05 Å². The van der Waals surface area contributed by atoms with E-state index in [9.17, 15) is 0 Å². The van der Waals surface area contributed by atoms with E-state index in [1.807, 2.05) is 46.0 Å². The molecule has 0 aliphatic carbocycles. The van der Waals surface area contributed by atoms with Crippen molar-refractivity contribution in [1.82, 2.24) is 4.98 Å². The van der Waals surface area contributed by atoms with Crippen LogP contribution < -0.4 is 14.4 Å². The number of anilines is 2. The van der Waals surface area contributed by atoms with Gasteiger partial charge < -0.3 is 9.80 Å². The molecule has 256 valence electrons. The highest BCUT2D eigenvalue weighted by Crippen LogP contribution is 2.26. The Bertz CT molecular complexity index is 1950. The average Bonchev–Trinajstić information content (AvgIpc) is 3.19. The number of aryl methyl sites for hydroxylation is 1. The first-order chi connectivity index (χ1) is 25.2. The number of pyridine rings is 2. The predicted octanol–water partition coefficient (Wildman–Crippen LogP) is 10.3. The van der Waals surface area contributed by atoms with Crippen molar-refractivity contribution in [2.45, 2.75) is 13.1 Å². The van der Waals surface area contributed by atoms with E-state index in [1.165, 1.54) is 39.3 Å². The molecule has 2 aromatic heterocycles. The summed E-state index contributed by atoms with van der Waals surface area (Å²) in [5.74, 6) is 2.08. The van der Waals surface area contributed by atoms with Gasteiger partial charge in [-0.15, -0.1) is 0 Å². The molecule has 0 radical (unpaired) electrons. The number of hydrogen-bond donors (Lipinski definition) is 0. The molecule has 4 aromatic carbocycles. The zero-order valence-electron chi connectivity index (χ0n) is 29.2. The maximum atomic E-state index is 4.40. The molecule has 0 spiro atoms. The lowest BCUT2D eigenvalue weighted by Crippen LogP contribution is -2.30. The summed E-state index contributed by atoms with van der Waals surface area (Å²) >= 11 is 0. The molecule has 0 unspecified atom stereocenters. The Kier molecular flexibility index (Phi) is 13.6. The van der Waals surface area contributed by atoms with Gasteiger partial charge in [0, 0.05) is 73.5 Å². The lowest BCUT2D eigenvalue weighted by Gasteiger charge is -2.26. The summed E-state index contributed by atoms with van der Waals surface area (Å²) in [6.07, 6.45) is 12.4. The van der Waals surface area contributed by atoms with E-state index < -0.39 is 0 Å². The monoisotopic (exact) mass is 705 g/mol. The maximum Gasteiger partial charge on any atom is 0.204 e. The molecule has 0 saturated heterocycles. The average molecular weight is 706 g/mol. The van der Waals surface area contributed by atoms with Gasteiger partial charge in [-0.25, -0.2) is 4.57 Å². The lowest BCUT2D eigenvalue weighted by molar-refractivity contribution is -0.673. The van der Waals surface area contributed by atoms with Crippen LogP contribution in [-0.2, 0) is 20.1 Å². The van der Waals surface area contributed by atoms with Crippen molar-refractivity contribution in [2.75, 3.05) is 34.4 Å². The van der Waals surface area contributed by atoms with Crippen LogP contribution in [0.1, 0.15) is 33.6 Å². The van der Waals surface area contributed by atoms with Crippen molar-refractivity contribution in [2.24, 2.45) is 7.05 Å². The summed E-state index contributed by atoms with van der Waals surface area (Å²) in [5.41, 5.74) is 9.64. The van der Waals surface area contributed by atoms with E-state index in [2.05, 4.69) is 184 Å². The van der Waals surface area contributed by atoms with E-state index in [4.69, 9.17) is 0 Å². The molecule has 0 aliphatic rings. The van der Waals surface area contributed by atoms with Crippen molar-refractivity contribution in [3.63, 3.8) is 0 Å². The Morgan fingerprint density at radius 1 is 0.529 bits per heavy atom. The third kappa shape index (κ3) is 11.5. The van der Waals surface area contributed by atoms with E-state index in [-0.39, 0.29) is 0 Å². The Balaban J connectivity index is 1.04. The zero-order chi connectivity index (χ0) is 34.9. The molecule has 4 nitrogen and oxygen atoms in total. The van der Waals surface area contributed by atoms with E-state index in [0.717, 1.165) is 43.4 Å². The Hall–Kier alpha value is -5.04. The molecule has 0 amide bonds. The lowest BCUT2D eigenvalue weighted by atomic mass is 10.1. The van der Waals surface area contributed by atoms with Crippen LogP contribution in [0, 0.1) is 0 Å². The van der Waals surface area contributed by atoms with E-state index in [0.29, 0.717) is 0 Å². The SMILES string of the molecule is C[n+]1ccccc1C=Cc1ccc(N(CCSSCCN(Cc2ccccc2)c2ccc(C=Cc3ccccn3)cc2)Cc2ccccc2)cc1. The van der Waals surface area contributed by atoms with Gasteiger partial charge in [-0.05, 0) is 76.9 Å². The zero-order valence-corrected chi connectivity index (χ0v) is 30.8. The van der Waals surface area contributed by atoms with E-state index >= 15 is 0 Å². The van der Waals surface area contributed by atoms with E-state index in [1.54, 1.807) is 0 Å². The van der Waals surface area contributed by atoms with Gasteiger partial charge in [-0.3, -0.25) is 4.98 Å². The summed E-state index contributed by atoms with van der Waals surface area (Å²) in [5, 5.41) is 0. The van der Waals surface area contributed by atoms with Gasteiger partial charge in [0.2, 0.25) is 5.69 Å². The minimum atomic E-state index is 0.884. The fraction of sp³-hybridized carbons (Fsp3) is 0.156. The highest BCUT2D eigenvalue weighted by atomic mass is 33.1. The maximum absolute atomic E-state index is 4.40. The number of nitrogens with zero attached hydrogens (tertiary/aromatic N) is 4. The summed E-state index contributed by atoms with van der Waals surface area (Å²) in [6.45, 7) is 3.72. The van der Waals surface area contributed by atoms with Crippen molar-refractivity contribution >= 4 is 57.3 Å². The first-order valence-corrected chi connectivity index (χ1v) is 19.9. The van der Waals surface area contributed by atoms with Gasteiger partial charge in [0.15, 0.2) is 6.20 Å². The number of benzene rings is 4. The Morgan fingerprint density at radius 3 is 1.55 bits per heavy atom. The van der Waals surface area contributed by atoms with Gasteiger partial charge in [-0.2, -0.15) is 0 Å². The molecule has 51 heavy (non-hydrogen) atoms. The Morgan fingerprint density at radius 2 is 1.04 bits per heavy atom. The summed E-state index contributed by atoms with van der Waals surface area (Å²) < 4.78 is 2.13. The number of hydrogen-bond acceptors (Lipinski definition) is 5. The van der Waals surface area contributed by atoms with Gasteiger partial charge in [0.05, 0.1) is 5.69 Å². The fourth-order valence-corrected chi connectivity index (χ4v) is 7.74. The van der Waals surface area contributed by atoms with Gasteiger partial charge in [0.25, 0.3) is 0 Å². The van der Waals surface area contributed by atoms with Crippen LogP contribution in [0.3, 0.4) is 0 Å². The summed E-state index contributed by atoms with van der Waals surface area (Å²) in [6, 6.07) is 51.6. The van der Waals surface area contributed by atoms with Crippen LogP contribution in [-0.4, -0.2) is 29.6 Å². The molecule has 0 N–H and O–H groups in total. The predicted molar refractivity (Wildman–Crippen MR) is 222 cm³/mol. The molecule has 6 aromatic rings. The van der Waals surface area contributed by atoms with Crippen LogP contribution >= 0.6 is 21.6 Å². The molecular formula is C45H45N4S2+. The minimum Gasteiger partial charge on any atom is -0.366 e. The molecular weight excluding hydrogens is 661 g/mol. The highest BCUT2D eigenvalue weighted by Gasteiger charge is 2.11. The summed E-state index contributed by atoms with van der Waals surface area (Å²) in [7, 11) is 6.01. The van der Waals surface area contributed by atoms with Gasteiger partial charge in [-0.1, -0.05) is 119 Å². The van der Waals surface area contributed by atoms with Crippen LogP contribution in [0.2, 0.25) is 0 Å². The van der Waals surface area contributed by atoms with Crippen LogP contribution in [0.4, 0.5) is 11.4 Å². The van der Waals surface area contributed by atoms with Crippen molar-refractivity contribution in [3.05, 3.63) is 192 Å². The standard InChI is InChI=1S/C45H45N4S2/c1-47-31-11-9-17-43(47)25-19-39-22-28-45(29-23-39)49(37-41-14-6-3-7-15-41)33-35-51-50-34-32-48(36-40-12-4-2-5-13-40)44-26-20-38(21-27-44)18-24-42-16-8-10-30-46-42/h2-31H,32-37H2,1H3/q+1. The minimum absolute atomic E-state index is 0.884. The fourth-order valence-electron chi connectivity index (χ4n) is 5.76. The van der Waals surface area contributed by atoms with Crippen molar-refractivity contribution in [1.29, 1.82) is 0 Å². The summed E-state index contributed by atoms with van der Waals surface area (Å²) in [4.78, 5) is 9.39. The van der Waals surface area contributed by atoms with Crippen LogP contribution in [0.25, 0.3) is 24.3 Å². The van der Waals surface area contributed by atoms with Crippen LogP contribution in [0.15, 0.2) is 158 Å². The molecule has 0 atom stereocenters. The molecule has 2 heterocycles. The third-order valence-corrected chi connectivity index (χ3v) is 11.0. The van der Waals surface area contributed by atoms with Crippen LogP contribution in [0.5, 0.6) is 0 Å². The second-order valence-electron chi connectivity index (χ2n) is 12.3. The second-order valence-corrected chi connectivity index (χ2v) is 15.0. The molecule has 6 heteroatoms. The Labute approximate surface area is 311 Å².